The van der Waals surface area contributed by atoms with Crippen LogP contribution in [0.3, 0.4) is 0 Å². The SMILES string of the molecule is CCCCCCCCCCCCCCCCCC(O)C(CO)NC(=O)CC(CCCCCCCCCCCCCCC)OC(=O)CCCCCCCCCCC. The first-order valence-corrected chi connectivity index (χ1v) is 25.3. The lowest BCUT2D eigenvalue weighted by atomic mass is 10.0. The van der Waals surface area contributed by atoms with Gasteiger partial charge in [-0.3, -0.25) is 9.59 Å². The van der Waals surface area contributed by atoms with E-state index >= 15 is 0 Å². The predicted octanol–water partition coefficient (Wildman–Crippen LogP) is 14.8. The van der Waals surface area contributed by atoms with Crippen LogP contribution in [0, 0.1) is 0 Å². The largest absolute Gasteiger partial charge is 0.462 e. The Bertz CT molecular complexity index is 806. The molecular weight excluding hydrogens is 695 g/mol. The molecule has 0 radical (unpaired) electrons. The average molecular weight is 794 g/mol. The van der Waals surface area contributed by atoms with Gasteiger partial charge in [-0.05, 0) is 25.7 Å². The Morgan fingerprint density at radius 3 is 1.09 bits per heavy atom. The molecule has 0 bridgehead atoms. The van der Waals surface area contributed by atoms with Crippen molar-refractivity contribution in [1.82, 2.24) is 5.32 Å². The molecule has 0 aliphatic rings. The number of aliphatic hydroxyl groups is 2. The molecule has 0 aromatic heterocycles. The Morgan fingerprint density at radius 2 is 0.750 bits per heavy atom. The van der Waals surface area contributed by atoms with Gasteiger partial charge in [-0.15, -0.1) is 0 Å². The van der Waals surface area contributed by atoms with Gasteiger partial charge in [0.2, 0.25) is 5.91 Å². The van der Waals surface area contributed by atoms with Crippen LogP contribution in [0.2, 0.25) is 0 Å². The Labute approximate surface area is 349 Å². The number of nitrogens with one attached hydrogen (secondary N) is 1. The summed E-state index contributed by atoms with van der Waals surface area (Å²) in [4.78, 5) is 26.0. The van der Waals surface area contributed by atoms with Crippen LogP contribution in [0.1, 0.15) is 284 Å². The van der Waals surface area contributed by atoms with Gasteiger partial charge < -0.3 is 20.3 Å². The Kier molecular flexibility index (Phi) is 44.0. The standard InChI is InChI=1S/C50H99NO5/c1-4-7-10-13-16-19-21-23-24-26-28-31-33-36-39-42-48(53)47(45-52)51-49(54)44-46(56-50(55)43-40-37-34-29-18-15-12-9-6-3)41-38-35-32-30-27-25-22-20-17-14-11-8-5-2/h46-48,52-53H,4-45H2,1-3H3,(H,51,54). The summed E-state index contributed by atoms with van der Waals surface area (Å²) in [6.45, 7) is 6.49. The lowest BCUT2D eigenvalue weighted by molar-refractivity contribution is -0.151. The van der Waals surface area contributed by atoms with Gasteiger partial charge in [0.1, 0.15) is 6.10 Å². The first kappa shape index (κ1) is 54.9. The van der Waals surface area contributed by atoms with E-state index in [1.165, 1.54) is 193 Å². The number of carbonyl (C=O) groups excluding carboxylic acids is 2. The number of amides is 1. The van der Waals surface area contributed by atoms with Crippen molar-refractivity contribution in [3.8, 4) is 0 Å². The van der Waals surface area contributed by atoms with E-state index in [2.05, 4.69) is 26.1 Å². The van der Waals surface area contributed by atoms with Crippen molar-refractivity contribution >= 4 is 11.9 Å². The topological polar surface area (TPSA) is 95.9 Å². The molecule has 0 rings (SSSR count). The summed E-state index contributed by atoms with van der Waals surface area (Å²) in [6, 6.07) is -0.691. The van der Waals surface area contributed by atoms with Crippen LogP contribution in [-0.4, -0.2) is 46.9 Å². The molecule has 0 aromatic carbocycles. The fourth-order valence-electron chi connectivity index (χ4n) is 8.08. The van der Waals surface area contributed by atoms with E-state index in [9.17, 15) is 19.8 Å². The molecule has 334 valence electrons. The quantitative estimate of drug-likeness (QED) is 0.0421. The summed E-state index contributed by atoms with van der Waals surface area (Å²) in [7, 11) is 0. The molecule has 1 amide bonds. The zero-order valence-electron chi connectivity index (χ0n) is 38.0. The van der Waals surface area contributed by atoms with E-state index in [1.54, 1.807) is 0 Å². The first-order valence-electron chi connectivity index (χ1n) is 25.3. The monoisotopic (exact) mass is 794 g/mol. The molecule has 56 heavy (non-hydrogen) atoms. The van der Waals surface area contributed by atoms with Crippen LogP contribution in [0.15, 0.2) is 0 Å². The summed E-state index contributed by atoms with van der Waals surface area (Å²) in [5.74, 6) is -0.456. The van der Waals surface area contributed by atoms with Crippen LogP contribution in [-0.2, 0) is 14.3 Å². The lowest BCUT2D eigenvalue weighted by Gasteiger charge is -2.24. The Morgan fingerprint density at radius 1 is 0.446 bits per heavy atom. The fraction of sp³-hybridized carbons (Fsp3) is 0.960. The van der Waals surface area contributed by atoms with E-state index in [0.717, 1.165) is 44.9 Å². The minimum atomic E-state index is -0.778. The molecule has 0 aromatic rings. The summed E-state index contributed by atoms with van der Waals surface area (Å²) >= 11 is 0. The van der Waals surface area contributed by atoms with Gasteiger partial charge in [0, 0.05) is 6.42 Å². The second kappa shape index (κ2) is 45.0. The molecule has 0 aliphatic heterocycles. The zero-order valence-corrected chi connectivity index (χ0v) is 38.0. The Balaban J connectivity index is 4.46. The number of hydrogen-bond acceptors (Lipinski definition) is 5. The second-order valence-corrected chi connectivity index (χ2v) is 17.6. The summed E-state index contributed by atoms with van der Waals surface area (Å²) in [5, 5.41) is 23.7. The highest BCUT2D eigenvalue weighted by atomic mass is 16.5. The van der Waals surface area contributed by atoms with Gasteiger partial charge in [-0.1, -0.05) is 245 Å². The number of rotatable bonds is 46. The van der Waals surface area contributed by atoms with Crippen LogP contribution in [0.25, 0.3) is 0 Å². The van der Waals surface area contributed by atoms with Crippen molar-refractivity contribution < 1.29 is 24.5 Å². The molecule has 3 N–H and O–H groups in total. The number of ether oxygens (including phenoxy) is 1. The molecule has 0 spiro atoms. The minimum absolute atomic E-state index is 0.0872. The molecule has 0 saturated heterocycles. The number of unbranched alkanes of at least 4 members (excludes halogenated alkanes) is 34. The molecule has 3 atom stereocenters. The number of carbonyl (C=O) groups is 2. The van der Waals surface area contributed by atoms with Crippen LogP contribution in [0.5, 0.6) is 0 Å². The van der Waals surface area contributed by atoms with Gasteiger partial charge in [-0.2, -0.15) is 0 Å². The van der Waals surface area contributed by atoms with E-state index in [1.807, 2.05) is 0 Å². The van der Waals surface area contributed by atoms with Crippen molar-refractivity contribution in [3.63, 3.8) is 0 Å². The maximum absolute atomic E-state index is 13.2. The Hall–Kier alpha value is -1.14. The maximum Gasteiger partial charge on any atom is 0.306 e. The highest BCUT2D eigenvalue weighted by Crippen LogP contribution is 2.19. The summed E-state index contributed by atoms with van der Waals surface area (Å²) < 4.78 is 5.91. The normalized spacial score (nSPS) is 13.2. The van der Waals surface area contributed by atoms with E-state index < -0.39 is 18.2 Å². The highest BCUT2D eigenvalue weighted by molar-refractivity contribution is 5.77. The van der Waals surface area contributed by atoms with E-state index in [4.69, 9.17) is 4.74 Å². The van der Waals surface area contributed by atoms with Gasteiger partial charge in [0.25, 0.3) is 0 Å². The lowest BCUT2D eigenvalue weighted by Crippen LogP contribution is -2.46. The van der Waals surface area contributed by atoms with Crippen molar-refractivity contribution in [2.45, 2.75) is 302 Å². The minimum Gasteiger partial charge on any atom is -0.462 e. The fourth-order valence-corrected chi connectivity index (χ4v) is 8.08. The maximum atomic E-state index is 13.2. The zero-order chi connectivity index (χ0) is 41.0. The second-order valence-electron chi connectivity index (χ2n) is 17.6. The molecule has 3 unspecified atom stereocenters. The third-order valence-corrected chi connectivity index (χ3v) is 11.9. The smallest absolute Gasteiger partial charge is 0.306 e. The summed E-state index contributed by atoms with van der Waals surface area (Å²) in [6.07, 6.45) is 47.3. The third-order valence-electron chi connectivity index (χ3n) is 11.9. The van der Waals surface area contributed by atoms with Crippen LogP contribution >= 0.6 is 0 Å². The van der Waals surface area contributed by atoms with Crippen molar-refractivity contribution in [2.24, 2.45) is 0 Å². The van der Waals surface area contributed by atoms with Crippen molar-refractivity contribution in [1.29, 1.82) is 0 Å². The number of aliphatic hydroxyl groups excluding tert-OH is 2. The van der Waals surface area contributed by atoms with Gasteiger partial charge in [0.15, 0.2) is 0 Å². The molecule has 6 heteroatoms. The average Bonchev–Trinajstić information content (AvgIpc) is 3.19. The molecule has 0 saturated carbocycles. The molecular formula is C50H99NO5. The van der Waals surface area contributed by atoms with E-state index in [-0.39, 0.29) is 24.9 Å². The van der Waals surface area contributed by atoms with Crippen LogP contribution < -0.4 is 5.32 Å². The van der Waals surface area contributed by atoms with Gasteiger partial charge >= 0.3 is 5.97 Å². The highest BCUT2D eigenvalue weighted by Gasteiger charge is 2.24. The van der Waals surface area contributed by atoms with Crippen LogP contribution in [0.4, 0.5) is 0 Å². The van der Waals surface area contributed by atoms with Crippen molar-refractivity contribution in [3.05, 3.63) is 0 Å². The predicted molar refractivity (Wildman–Crippen MR) is 241 cm³/mol. The molecule has 0 fully saturated rings. The number of hydrogen-bond donors (Lipinski definition) is 3. The third kappa shape index (κ3) is 39.7. The molecule has 0 heterocycles. The first-order chi connectivity index (χ1) is 27.5. The van der Waals surface area contributed by atoms with Gasteiger partial charge in [-0.25, -0.2) is 0 Å². The molecule has 0 aliphatic carbocycles. The van der Waals surface area contributed by atoms with E-state index in [0.29, 0.717) is 19.3 Å². The molecule has 6 nitrogen and oxygen atoms in total. The summed E-state index contributed by atoms with van der Waals surface area (Å²) in [5.41, 5.74) is 0. The van der Waals surface area contributed by atoms with Gasteiger partial charge in [0.05, 0.1) is 25.2 Å². The number of esters is 1. The van der Waals surface area contributed by atoms with Crippen molar-refractivity contribution in [2.75, 3.05) is 6.61 Å².